The highest BCUT2D eigenvalue weighted by Gasteiger charge is 2.09. The summed E-state index contributed by atoms with van der Waals surface area (Å²) in [6.07, 6.45) is 0. The number of benzene rings is 2. The number of aryl methyl sites for hydroxylation is 1. The molecular formula is C21H22N4O2. The number of carbonyl (C=O) groups excluding carboxylic acids is 1. The lowest BCUT2D eigenvalue weighted by molar-refractivity contribution is 0.0945. The average Bonchev–Trinajstić information content (AvgIpc) is 2.69. The zero-order chi connectivity index (χ0) is 19.1. The number of aromatic nitrogens is 2. The molecule has 0 fully saturated rings. The van der Waals surface area contributed by atoms with Crippen molar-refractivity contribution in [2.24, 2.45) is 0 Å². The predicted molar refractivity (Wildman–Crippen MR) is 105 cm³/mol. The maximum absolute atomic E-state index is 12.2. The molecule has 0 unspecified atom stereocenters. The Hall–Kier alpha value is -3.41. The van der Waals surface area contributed by atoms with Crippen molar-refractivity contribution >= 4 is 17.4 Å². The molecule has 2 aromatic carbocycles. The van der Waals surface area contributed by atoms with Crippen molar-refractivity contribution in [3.63, 3.8) is 0 Å². The summed E-state index contributed by atoms with van der Waals surface area (Å²) in [6.45, 7) is 4.98. The van der Waals surface area contributed by atoms with Gasteiger partial charge in [-0.1, -0.05) is 42.0 Å². The molecule has 6 heteroatoms. The maximum atomic E-state index is 12.2. The van der Waals surface area contributed by atoms with Crippen LogP contribution in [0.25, 0.3) is 0 Å². The number of para-hydroxylation sites is 2. The maximum Gasteiger partial charge on any atom is 0.272 e. The van der Waals surface area contributed by atoms with E-state index in [1.807, 2.05) is 62.4 Å². The van der Waals surface area contributed by atoms with Crippen LogP contribution in [0.1, 0.15) is 28.5 Å². The molecule has 1 heterocycles. The van der Waals surface area contributed by atoms with E-state index in [1.54, 1.807) is 12.1 Å². The van der Waals surface area contributed by atoms with Crippen LogP contribution < -0.4 is 15.4 Å². The molecule has 1 aromatic heterocycles. The first-order valence-electron chi connectivity index (χ1n) is 8.82. The molecule has 0 aliphatic carbocycles. The number of hydrogen-bond acceptors (Lipinski definition) is 5. The number of nitrogens with zero attached hydrogens (tertiary/aromatic N) is 2. The van der Waals surface area contributed by atoms with E-state index in [2.05, 4.69) is 20.8 Å². The summed E-state index contributed by atoms with van der Waals surface area (Å²) in [5.41, 5.74) is 3.29. The van der Waals surface area contributed by atoms with Gasteiger partial charge in [0.15, 0.2) is 11.5 Å². The van der Waals surface area contributed by atoms with Crippen molar-refractivity contribution in [3.8, 4) is 5.75 Å². The van der Waals surface area contributed by atoms with E-state index in [4.69, 9.17) is 4.74 Å². The van der Waals surface area contributed by atoms with E-state index in [-0.39, 0.29) is 11.6 Å². The van der Waals surface area contributed by atoms with E-state index in [9.17, 15) is 4.79 Å². The van der Waals surface area contributed by atoms with Gasteiger partial charge in [-0.15, -0.1) is 10.2 Å². The number of nitrogens with one attached hydrogen (secondary N) is 2. The second-order valence-corrected chi connectivity index (χ2v) is 6.03. The Labute approximate surface area is 158 Å². The van der Waals surface area contributed by atoms with Gasteiger partial charge >= 0.3 is 0 Å². The summed E-state index contributed by atoms with van der Waals surface area (Å²) < 4.78 is 5.58. The summed E-state index contributed by atoms with van der Waals surface area (Å²) in [6, 6.07) is 19.0. The fourth-order valence-electron chi connectivity index (χ4n) is 2.49. The minimum absolute atomic E-state index is 0.260. The Kier molecular flexibility index (Phi) is 5.99. The number of amides is 1. The van der Waals surface area contributed by atoms with Crippen LogP contribution in [0.5, 0.6) is 5.75 Å². The van der Waals surface area contributed by atoms with Crippen molar-refractivity contribution in [3.05, 3.63) is 77.5 Å². The standard InChI is InChI=1S/C21H22N4O2/c1-3-27-19-7-5-4-6-17(19)23-20-13-12-18(24-25-20)21(26)22-14-16-10-8-15(2)9-11-16/h4-13H,3,14H2,1-2H3,(H,22,26)(H,23,25). The Morgan fingerprint density at radius 3 is 2.48 bits per heavy atom. The third-order valence-electron chi connectivity index (χ3n) is 3.92. The second kappa shape index (κ2) is 8.80. The van der Waals surface area contributed by atoms with Gasteiger partial charge in [0, 0.05) is 6.54 Å². The fourth-order valence-corrected chi connectivity index (χ4v) is 2.49. The van der Waals surface area contributed by atoms with Crippen molar-refractivity contribution in [1.29, 1.82) is 0 Å². The summed E-state index contributed by atoms with van der Waals surface area (Å²) in [7, 11) is 0. The highest BCUT2D eigenvalue weighted by atomic mass is 16.5. The Bertz CT molecular complexity index is 893. The van der Waals surface area contributed by atoms with Crippen LogP contribution in [-0.4, -0.2) is 22.7 Å². The minimum Gasteiger partial charge on any atom is -0.492 e. The SMILES string of the molecule is CCOc1ccccc1Nc1ccc(C(=O)NCc2ccc(C)cc2)nn1. The molecule has 27 heavy (non-hydrogen) atoms. The molecule has 0 atom stereocenters. The molecule has 1 amide bonds. The van der Waals surface area contributed by atoms with E-state index >= 15 is 0 Å². The second-order valence-electron chi connectivity index (χ2n) is 6.03. The van der Waals surface area contributed by atoms with E-state index in [0.29, 0.717) is 19.0 Å². The lowest BCUT2D eigenvalue weighted by Gasteiger charge is -2.11. The topological polar surface area (TPSA) is 76.1 Å². The summed E-state index contributed by atoms with van der Waals surface area (Å²) in [5, 5.41) is 14.1. The van der Waals surface area contributed by atoms with Crippen molar-refractivity contribution in [2.75, 3.05) is 11.9 Å². The zero-order valence-electron chi connectivity index (χ0n) is 15.4. The van der Waals surface area contributed by atoms with E-state index in [0.717, 1.165) is 17.0 Å². The normalized spacial score (nSPS) is 10.3. The highest BCUT2D eigenvalue weighted by Crippen LogP contribution is 2.26. The summed E-state index contributed by atoms with van der Waals surface area (Å²) in [5.74, 6) is 1.02. The van der Waals surface area contributed by atoms with Gasteiger partial charge in [0.05, 0.1) is 12.3 Å². The summed E-state index contributed by atoms with van der Waals surface area (Å²) in [4.78, 5) is 12.2. The lowest BCUT2D eigenvalue weighted by atomic mass is 10.1. The number of anilines is 2. The Morgan fingerprint density at radius 2 is 1.78 bits per heavy atom. The molecule has 2 N–H and O–H groups in total. The fraction of sp³-hybridized carbons (Fsp3) is 0.190. The molecule has 0 saturated heterocycles. The van der Waals surface area contributed by atoms with Crippen LogP contribution in [-0.2, 0) is 6.54 Å². The van der Waals surface area contributed by atoms with Gasteiger partial charge in [0.1, 0.15) is 5.75 Å². The van der Waals surface area contributed by atoms with E-state index in [1.165, 1.54) is 5.56 Å². The first kappa shape index (κ1) is 18.4. The van der Waals surface area contributed by atoms with Gasteiger partial charge in [0.25, 0.3) is 5.91 Å². The average molecular weight is 362 g/mol. The van der Waals surface area contributed by atoms with Crippen LogP contribution in [0.3, 0.4) is 0 Å². The van der Waals surface area contributed by atoms with Crippen LogP contribution >= 0.6 is 0 Å². The number of ether oxygens (including phenoxy) is 1. The van der Waals surface area contributed by atoms with Gasteiger partial charge in [-0.3, -0.25) is 4.79 Å². The molecular weight excluding hydrogens is 340 g/mol. The van der Waals surface area contributed by atoms with Gasteiger partial charge in [-0.2, -0.15) is 0 Å². The molecule has 0 bridgehead atoms. The van der Waals surface area contributed by atoms with Crippen molar-refractivity contribution in [2.45, 2.75) is 20.4 Å². The molecule has 138 valence electrons. The van der Waals surface area contributed by atoms with Crippen molar-refractivity contribution in [1.82, 2.24) is 15.5 Å². The first-order chi connectivity index (χ1) is 13.2. The Morgan fingerprint density at radius 1 is 1.00 bits per heavy atom. The van der Waals surface area contributed by atoms with Crippen LogP contribution in [0.2, 0.25) is 0 Å². The van der Waals surface area contributed by atoms with Crippen molar-refractivity contribution < 1.29 is 9.53 Å². The van der Waals surface area contributed by atoms with Crippen LogP contribution in [0.4, 0.5) is 11.5 Å². The van der Waals surface area contributed by atoms with Crippen LogP contribution in [0, 0.1) is 6.92 Å². The predicted octanol–water partition coefficient (Wildman–Crippen LogP) is 3.86. The third kappa shape index (κ3) is 5.04. The van der Waals surface area contributed by atoms with Crippen LogP contribution in [0.15, 0.2) is 60.7 Å². The third-order valence-corrected chi connectivity index (χ3v) is 3.92. The monoisotopic (exact) mass is 362 g/mol. The number of rotatable bonds is 7. The molecule has 3 rings (SSSR count). The molecule has 0 saturated carbocycles. The quantitative estimate of drug-likeness (QED) is 0.667. The molecule has 0 radical (unpaired) electrons. The van der Waals surface area contributed by atoms with Gasteiger partial charge in [-0.05, 0) is 43.7 Å². The minimum atomic E-state index is -0.260. The number of carbonyl (C=O) groups is 1. The Balaban J connectivity index is 1.61. The van der Waals surface area contributed by atoms with E-state index < -0.39 is 0 Å². The van der Waals surface area contributed by atoms with Gasteiger partial charge < -0.3 is 15.4 Å². The smallest absolute Gasteiger partial charge is 0.272 e. The molecule has 3 aromatic rings. The first-order valence-corrected chi connectivity index (χ1v) is 8.82. The highest BCUT2D eigenvalue weighted by molar-refractivity contribution is 5.92. The largest absolute Gasteiger partial charge is 0.492 e. The van der Waals surface area contributed by atoms with Gasteiger partial charge in [-0.25, -0.2) is 0 Å². The lowest BCUT2D eigenvalue weighted by Crippen LogP contribution is -2.24. The zero-order valence-corrected chi connectivity index (χ0v) is 15.4. The number of hydrogen-bond donors (Lipinski definition) is 2. The molecule has 0 aliphatic rings. The molecule has 0 aliphatic heterocycles. The van der Waals surface area contributed by atoms with Gasteiger partial charge in [0.2, 0.25) is 0 Å². The summed E-state index contributed by atoms with van der Waals surface area (Å²) >= 11 is 0. The molecule has 6 nitrogen and oxygen atoms in total. The molecule has 0 spiro atoms.